The molecule has 104 valence electrons. The van der Waals surface area contributed by atoms with Gasteiger partial charge in [0.15, 0.2) is 5.82 Å². The molecule has 0 unspecified atom stereocenters. The molecule has 0 aliphatic carbocycles. The van der Waals surface area contributed by atoms with Crippen molar-refractivity contribution in [3.63, 3.8) is 0 Å². The van der Waals surface area contributed by atoms with Crippen LogP contribution in [0.4, 0.5) is 5.82 Å². The van der Waals surface area contributed by atoms with E-state index in [0.717, 1.165) is 23.6 Å². The van der Waals surface area contributed by atoms with Crippen molar-refractivity contribution < 1.29 is 0 Å². The topological polar surface area (TPSA) is 42.2 Å². The maximum Gasteiger partial charge on any atom is 0.152 e. The van der Waals surface area contributed by atoms with Gasteiger partial charge in [0.05, 0.1) is 5.69 Å². The van der Waals surface area contributed by atoms with Gasteiger partial charge in [-0.25, -0.2) is 9.50 Å². The van der Waals surface area contributed by atoms with Crippen molar-refractivity contribution in [1.82, 2.24) is 14.6 Å². The highest BCUT2D eigenvalue weighted by Crippen LogP contribution is 2.14. The summed E-state index contributed by atoms with van der Waals surface area (Å²) in [4.78, 5) is 4.39. The number of thioether (sulfide) groups is 1. The minimum atomic E-state index is 0.937. The number of hydrogen-bond acceptors (Lipinski definition) is 4. The van der Waals surface area contributed by atoms with Gasteiger partial charge in [0.1, 0.15) is 5.52 Å². The van der Waals surface area contributed by atoms with E-state index < -0.39 is 0 Å². The van der Waals surface area contributed by atoms with Gasteiger partial charge < -0.3 is 5.32 Å². The summed E-state index contributed by atoms with van der Waals surface area (Å²) in [7, 11) is 0. The summed E-state index contributed by atoms with van der Waals surface area (Å²) < 4.78 is 1.88. The lowest BCUT2D eigenvalue weighted by Gasteiger charge is -2.06. The van der Waals surface area contributed by atoms with E-state index in [4.69, 9.17) is 0 Å². The Hall–Kier alpha value is -1.23. The van der Waals surface area contributed by atoms with Crippen molar-refractivity contribution in [3.8, 4) is 0 Å². The highest BCUT2D eigenvalue weighted by atomic mass is 32.2. The first-order chi connectivity index (χ1) is 9.31. The van der Waals surface area contributed by atoms with Gasteiger partial charge in [-0.05, 0) is 37.8 Å². The number of fused-ring (bicyclic) bond motifs is 1. The molecule has 0 fully saturated rings. The van der Waals surface area contributed by atoms with Crippen LogP contribution >= 0.6 is 11.8 Å². The average molecular weight is 278 g/mol. The lowest BCUT2D eigenvalue weighted by molar-refractivity contribution is 0.688. The Morgan fingerprint density at radius 3 is 2.95 bits per heavy atom. The minimum absolute atomic E-state index is 0.937. The second-order valence-corrected chi connectivity index (χ2v) is 5.71. The van der Waals surface area contributed by atoms with Crippen LogP contribution in [0.2, 0.25) is 0 Å². The molecule has 0 spiro atoms. The summed E-state index contributed by atoms with van der Waals surface area (Å²) in [5.74, 6) is 2.22. The number of aromatic nitrogens is 3. The first kappa shape index (κ1) is 14.2. The van der Waals surface area contributed by atoms with E-state index in [1.165, 1.54) is 31.4 Å². The number of nitrogens with one attached hydrogen (secondary N) is 1. The van der Waals surface area contributed by atoms with E-state index in [0.29, 0.717) is 0 Å². The third kappa shape index (κ3) is 4.13. The molecule has 0 radical (unpaired) electrons. The first-order valence-corrected chi connectivity index (χ1v) is 8.24. The number of nitrogens with zero attached hydrogens (tertiary/aromatic N) is 3. The minimum Gasteiger partial charge on any atom is -0.368 e. The molecule has 2 aromatic heterocycles. The van der Waals surface area contributed by atoms with Gasteiger partial charge in [-0.3, -0.25) is 0 Å². The van der Waals surface area contributed by atoms with Crippen molar-refractivity contribution in [2.24, 2.45) is 0 Å². The third-order valence-electron chi connectivity index (χ3n) is 3.08. The van der Waals surface area contributed by atoms with Crippen molar-refractivity contribution in [1.29, 1.82) is 0 Å². The Labute approximate surface area is 119 Å². The Balaban J connectivity index is 1.78. The summed E-state index contributed by atoms with van der Waals surface area (Å²) >= 11 is 1.93. The zero-order valence-electron chi connectivity index (χ0n) is 11.7. The second-order valence-electron chi connectivity index (χ2n) is 4.73. The third-order valence-corrected chi connectivity index (χ3v) is 3.78. The zero-order chi connectivity index (χ0) is 13.5. The van der Waals surface area contributed by atoms with Crippen molar-refractivity contribution >= 4 is 23.1 Å². The molecule has 1 N–H and O–H groups in total. The van der Waals surface area contributed by atoms with Gasteiger partial charge in [-0.2, -0.15) is 16.9 Å². The van der Waals surface area contributed by atoms with Gasteiger partial charge in [0.25, 0.3) is 0 Å². The van der Waals surface area contributed by atoms with Crippen LogP contribution in [0.1, 0.15) is 31.4 Å². The fraction of sp³-hybridized carbons (Fsp3) is 0.571. The predicted molar refractivity (Wildman–Crippen MR) is 83.1 cm³/mol. The molecule has 0 saturated heterocycles. The highest BCUT2D eigenvalue weighted by molar-refractivity contribution is 7.98. The molecule has 2 aromatic rings. The van der Waals surface area contributed by atoms with Crippen LogP contribution in [-0.2, 0) is 0 Å². The SMILES string of the molecule is CSCCCCCCNc1nccn2nc(C)cc12. The van der Waals surface area contributed by atoms with E-state index in [1.807, 2.05) is 29.4 Å². The number of anilines is 1. The molecule has 4 nitrogen and oxygen atoms in total. The Kier molecular flexibility index (Phi) is 5.51. The molecular weight excluding hydrogens is 256 g/mol. The number of unbranched alkanes of at least 4 members (excludes halogenated alkanes) is 3. The number of aryl methyl sites for hydroxylation is 1. The fourth-order valence-corrected chi connectivity index (χ4v) is 2.61. The lowest BCUT2D eigenvalue weighted by atomic mass is 10.2. The smallest absolute Gasteiger partial charge is 0.152 e. The molecule has 2 heterocycles. The van der Waals surface area contributed by atoms with Crippen LogP contribution in [0.25, 0.3) is 5.52 Å². The molecule has 0 aliphatic heterocycles. The summed E-state index contributed by atoms with van der Waals surface area (Å²) in [5, 5.41) is 7.80. The average Bonchev–Trinajstić information content (AvgIpc) is 2.78. The molecule has 0 amide bonds. The quantitative estimate of drug-likeness (QED) is 0.752. The molecule has 5 heteroatoms. The molecule has 0 saturated carbocycles. The largest absolute Gasteiger partial charge is 0.368 e. The van der Waals surface area contributed by atoms with Crippen LogP contribution in [-0.4, -0.2) is 33.2 Å². The summed E-state index contributed by atoms with van der Waals surface area (Å²) in [6.07, 6.45) is 11.0. The van der Waals surface area contributed by atoms with E-state index in [2.05, 4.69) is 27.7 Å². The van der Waals surface area contributed by atoms with Crippen molar-refractivity contribution in [2.75, 3.05) is 23.9 Å². The maximum absolute atomic E-state index is 4.39. The number of rotatable bonds is 8. The van der Waals surface area contributed by atoms with Crippen LogP contribution in [0.15, 0.2) is 18.5 Å². The summed E-state index contributed by atoms with van der Waals surface area (Å²) in [6, 6.07) is 2.06. The van der Waals surface area contributed by atoms with Gasteiger partial charge in [0.2, 0.25) is 0 Å². The van der Waals surface area contributed by atoms with Crippen molar-refractivity contribution in [2.45, 2.75) is 32.6 Å². The molecule has 0 bridgehead atoms. The molecule has 0 aliphatic rings. The predicted octanol–water partition coefficient (Wildman–Crippen LogP) is 3.37. The van der Waals surface area contributed by atoms with E-state index >= 15 is 0 Å². The van der Waals surface area contributed by atoms with Gasteiger partial charge >= 0.3 is 0 Å². The van der Waals surface area contributed by atoms with Gasteiger partial charge in [-0.15, -0.1) is 0 Å². The lowest BCUT2D eigenvalue weighted by Crippen LogP contribution is -2.05. The zero-order valence-corrected chi connectivity index (χ0v) is 12.5. The number of hydrogen-bond donors (Lipinski definition) is 1. The van der Waals surface area contributed by atoms with Crippen LogP contribution in [0.5, 0.6) is 0 Å². The van der Waals surface area contributed by atoms with Crippen LogP contribution in [0, 0.1) is 6.92 Å². The summed E-state index contributed by atoms with van der Waals surface area (Å²) in [5.41, 5.74) is 2.08. The molecule has 19 heavy (non-hydrogen) atoms. The summed E-state index contributed by atoms with van der Waals surface area (Å²) in [6.45, 7) is 2.98. The Morgan fingerprint density at radius 1 is 1.26 bits per heavy atom. The standard InChI is InChI=1S/C14H22N4S/c1-12-11-13-14(16-8-9-18(13)17-12)15-7-5-3-4-6-10-19-2/h8-9,11H,3-7,10H2,1-2H3,(H,15,16). The molecular formula is C14H22N4S. The van der Waals surface area contributed by atoms with Crippen LogP contribution in [0.3, 0.4) is 0 Å². The van der Waals surface area contributed by atoms with Gasteiger partial charge in [0, 0.05) is 18.9 Å². The molecule has 0 atom stereocenters. The fourth-order valence-electron chi connectivity index (χ4n) is 2.11. The Bertz CT molecular complexity index is 509. The maximum atomic E-state index is 4.39. The first-order valence-electron chi connectivity index (χ1n) is 6.85. The molecule has 2 rings (SSSR count). The second kappa shape index (κ2) is 7.38. The molecule has 0 aromatic carbocycles. The van der Waals surface area contributed by atoms with E-state index in [9.17, 15) is 0 Å². The van der Waals surface area contributed by atoms with E-state index in [1.54, 1.807) is 6.20 Å². The normalized spacial score (nSPS) is 11.1. The Morgan fingerprint density at radius 2 is 2.11 bits per heavy atom. The van der Waals surface area contributed by atoms with Crippen molar-refractivity contribution in [3.05, 3.63) is 24.2 Å². The van der Waals surface area contributed by atoms with E-state index in [-0.39, 0.29) is 0 Å². The monoisotopic (exact) mass is 278 g/mol. The van der Waals surface area contributed by atoms with Gasteiger partial charge in [-0.1, -0.05) is 12.8 Å². The van der Waals surface area contributed by atoms with Crippen LogP contribution < -0.4 is 5.32 Å². The highest BCUT2D eigenvalue weighted by Gasteiger charge is 2.04.